The molecule has 0 fully saturated rings. The van der Waals surface area contributed by atoms with E-state index >= 15 is 0 Å². The number of benzene rings is 7. The largest absolute Gasteiger partial charge is 0.465 e. The summed E-state index contributed by atoms with van der Waals surface area (Å²) >= 11 is 0. The first-order chi connectivity index (χ1) is 29.5. The van der Waals surface area contributed by atoms with Gasteiger partial charge in [0.25, 0.3) is 0 Å². The maximum atomic E-state index is 5.92. The van der Waals surface area contributed by atoms with Crippen LogP contribution >= 0.6 is 0 Å². The predicted molar refractivity (Wildman–Crippen MR) is 252 cm³/mol. The van der Waals surface area contributed by atoms with E-state index in [1.165, 1.54) is 61.4 Å². The van der Waals surface area contributed by atoms with Crippen molar-refractivity contribution in [1.82, 2.24) is 0 Å². The fraction of sp³-hybridized carbons (Fsp3) is 0.123. The van der Waals surface area contributed by atoms with Crippen molar-refractivity contribution in [2.45, 2.75) is 39.7 Å². The number of para-hydroxylation sites is 1. The summed E-state index contributed by atoms with van der Waals surface area (Å²) in [5.41, 5.74) is 19.7. The van der Waals surface area contributed by atoms with Crippen LogP contribution in [-0.2, 0) is 4.74 Å². The molecule has 0 saturated heterocycles. The molecule has 0 aromatic heterocycles. The molecule has 0 saturated carbocycles. The Balaban J connectivity index is 1.07. The highest BCUT2D eigenvalue weighted by molar-refractivity contribution is 5.87. The highest BCUT2D eigenvalue weighted by atomic mass is 16.5. The van der Waals surface area contributed by atoms with E-state index in [-0.39, 0.29) is 6.04 Å². The number of hydrogen-bond donors (Lipinski definition) is 0. The third-order valence-corrected chi connectivity index (χ3v) is 12.2. The minimum Gasteiger partial charge on any atom is -0.465 e. The van der Waals surface area contributed by atoms with Crippen molar-refractivity contribution < 1.29 is 4.74 Å². The van der Waals surface area contributed by atoms with Gasteiger partial charge in [0, 0.05) is 28.3 Å². The van der Waals surface area contributed by atoms with Crippen LogP contribution in [0.1, 0.15) is 43.4 Å². The smallest absolute Gasteiger partial charge is 0.134 e. The second kappa shape index (κ2) is 15.9. The van der Waals surface area contributed by atoms with Gasteiger partial charge in [-0.2, -0.15) is 0 Å². The number of fused-ring (bicyclic) bond motifs is 3. The lowest BCUT2D eigenvalue weighted by molar-refractivity contribution is 0.420. The monoisotopic (exact) mass is 776 g/mol. The van der Waals surface area contributed by atoms with Crippen LogP contribution in [0, 0.1) is 12.8 Å². The molecule has 3 nitrogen and oxygen atoms in total. The van der Waals surface area contributed by atoms with Crippen LogP contribution in [0.25, 0.3) is 44.7 Å². The molecule has 0 spiro atoms. The van der Waals surface area contributed by atoms with Gasteiger partial charge in [-0.15, -0.1) is 0 Å². The maximum Gasteiger partial charge on any atom is 0.134 e. The summed E-state index contributed by atoms with van der Waals surface area (Å²) < 4.78 is 5.92. The van der Waals surface area contributed by atoms with Crippen LogP contribution < -0.4 is 9.80 Å². The molecule has 1 aliphatic carbocycles. The molecule has 7 aromatic carbocycles. The third-order valence-electron chi connectivity index (χ3n) is 12.2. The average Bonchev–Trinajstić information content (AvgIpc) is 3.30. The molecule has 2 aliphatic heterocycles. The summed E-state index contributed by atoms with van der Waals surface area (Å²) in [5.74, 6) is 1.38. The van der Waals surface area contributed by atoms with Crippen molar-refractivity contribution in [1.29, 1.82) is 0 Å². The standard InChI is InChI=1S/C57H48N2O/c1-39(2)52-31-30-50(37-55(52)53-19-11-10-14-40(53)3)58(48-26-28-49(29-27-48)59-51-32-33-60-57(38-51)54-20-12-13-21-56(54)59)47-24-22-43(23-25-47)46-35-44(41-15-6-4-7-16-41)34-45(36-46)42-17-8-5-9-18-42/h4-29,32-39,51H,30-31H2,1-3H3. The third kappa shape index (κ3) is 7.07. The summed E-state index contributed by atoms with van der Waals surface area (Å²) in [5, 5.41) is 0. The number of ether oxygens (including phenoxy) is 1. The molecule has 2 heterocycles. The van der Waals surface area contributed by atoms with Crippen molar-refractivity contribution in [3.05, 3.63) is 228 Å². The van der Waals surface area contributed by atoms with Gasteiger partial charge in [-0.05, 0) is 161 Å². The minimum atomic E-state index is 0.0817. The van der Waals surface area contributed by atoms with Crippen molar-refractivity contribution in [3.8, 4) is 33.4 Å². The van der Waals surface area contributed by atoms with Crippen LogP contribution in [0.4, 0.5) is 22.7 Å². The van der Waals surface area contributed by atoms with E-state index in [9.17, 15) is 0 Å². The fourth-order valence-corrected chi connectivity index (χ4v) is 9.19. The number of hydrogen-bond acceptors (Lipinski definition) is 3. The first kappa shape index (κ1) is 37.2. The summed E-state index contributed by atoms with van der Waals surface area (Å²) in [6, 6.07) is 64.1. The van der Waals surface area contributed by atoms with Gasteiger partial charge in [-0.1, -0.05) is 129 Å². The van der Waals surface area contributed by atoms with Crippen LogP contribution in [0.3, 0.4) is 0 Å². The zero-order valence-electron chi connectivity index (χ0n) is 34.4. The van der Waals surface area contributed by atoms with E-state index in [2.05, 4.69) is 225 Å². The van der Waals surface area contributed by atoms with Gasteiger partial charge in [0.1, 0.15) is 5.76 Å². The number of rotatable bonds is 9. The maximum absolute atomic E-state index is 5.92. The zero-order valence-corrected chi connectivity index (χ0v) is 34.4. The molecule has 3 aliphatic rings. The molecule has 0 N–H and O–H groups in total. The van der Waals surface area contributed by atoms with Crippen LogP contribution in [0.15, 0.2) is 212 Å². The summed E-state index contributed by atoms with van der Waals surface area (Å²) in [4.78, 5) is 4.89. The van der Waals surface area contributed by atoms with Crippen LogP contribution in [-0.4, -0.2) is 6.04 Å². The van der Waals surface area contributed by atoms with E-state index in [4.69, 9.17) is 4.74 Å². The Morgan fingerprint density at radius 3 is 1.73 bits per heavy atom. The number of nitrogens with zero attached hydrogens (tertiary/aromatic N) is 2. The summed E-state index contributed by atoms with van der Waals surface area (Å²) in [6.45, 7) is 6.91. The second-order valence-corrected chi connectivity index (χ2v) is 16.3. The van der Waals surface area contributed by atoms with E-state index in [1.54, 1.807) is 0 Å². The van der Waals surface area contributed by atoms with Crippen LogP contribution in [0.5, 0.6) is 0 Å². The van der Waals surface area contributed by atoms with E-state index < -0.39 is 0 Å². The van der Waals surface area contributed by atoms with Gasteiger partial charge in [0.05, 0.1) is 18.0 Å². The lowest BCUT2D eigenvalue weighted by atomic mass is 9.83. The van der Waals surface area contributed by atoms with Crippen molar-refractivity contribution in [3.63, 3.8) is 0 Å². The Hall–Kier alpha value is -7.10. The van der Waals surface area contributed by atoms with Gasteiger partial charge in [0.15, 0.2) is 0 Å². The second-order valence-electron chi connectivity index (χ2n) is 16.3. The molecular formula is C57H48N2O. The van der Waals surface area contributed by atoms with Crippen molar-refractivity contribution >= 4 is 34.1 Å². The Morgan fingerprint density at radius 2 is 1.12 bits per heavy atom. The molecule has 60 heavy (non-hydrogen) atoms. The summed E-state index contributed by atoms with van der Waals surface area (Å²) in [7, 11) is 0. The molecule has 292 valence electrons. The van der Waals surface area contributed by atoms with Crippen molar-refractivity contribution in [2.24, 2.45) is 5.92 Å². The lowest BCUT2D eigenvalue weighted by Gasteiger charge is -2.38. The molecule has 1 atom stereocenters. The Kier molecular flexibility index (Phi) is 9.87. The molecular weight excluding hydrogens is 729 g/mol. The molecule has 10 rings (SSSR count). The van der Waals surface area contributed by atoms with Gasteiger partial charge in [-0.3, -0.25) is 0 Å². The fourth-order valence-electron chi connectivity index (χ4n) is 9.19. The SMILES string of the molecule is Cc1ccccc1C1=C(C(C)C)CCC(N(c2ccc(-c3cc(-c4ccccc4)cc(-c4ccccc4)c3)cc2)c2ccc(N3c4ccccc4C4=CC3C=CO4)cc2)=C1. The minimum absolute atomic E-state index is 0.0817. The average molecular weight is 777 g/mol. The number of allylic oxidation sites excluding steroid dienone is 4. The molecule has 2 bridgehead atoms. The predicted octanol–water partition coefficient (Wildman–Crippen LogP) is 15.3. The Bertz CT molecular complexity index is 2750. The Morgan fingerprint density at radius 1 is 0.567 bits per heavy atom. The van der Waals surface area contributed by atoms with Gasteiger partial charge in [-0.25, -0.2) is 0 Å². The van der Waals surface area contributed by atoms with Gasteiger partial charge < -0.3 is 14.5 Å². The molecule has 3 heteroatoms. The molecule has 0 radical (unpaired) electrons. The van der Waals surface area contributed by atoms with Gasteiger partial charge >= 0.3 is 0 Å². The zero-order chi connectivity index (χ0) is 40.6. The first-order valence-electron chi connectivity index (χ1n) is 21.2. The highest BCUT2D eigenvalue weighted by Gasteiger charge is 2.30. The summed E-state index contributed by atoms with van der Waals surface area (Å²) in [6.07, 6.45) is 10.6. The molecule has 1 unspecified atom stereocenters. The topological polar surface area (TPSA) is 15.7 Å². The molecule has 7 aromatic rings. The number of aryl methyl sites for hydroxylation is 1. The van der Waals surface area contributed by atoms with Gasteiger partial charge in [0.2, 0.25) is 0 Å². The first-order valence-corrected chi connectivity index (χ1v) is 21.2. The van der Waals surface area contributed by atoms with Crippen molar-refractivity contribution in [2.75, 3.05) is 9.80 Å². The van der Waals surface area contributed by atoms with E-state index in [1.807, 2.05) is 6.26 Å². The highest BCUT2D eigenvalue weighted by Crippen LogP contribution is 2.45. The number of anilines is 4. The normalized spacial score (nSPS) is 15.6. The molecule has 0 amide bonds. The lowest BCUT2D eigenvalue weighted by Crippen LogP contribution is -2.33. The Labute approximate surface area is 354 Å². The quantitative estimate of drug-likeness (QED) is 0.145. The van der Waals surface area contributed by atoms with Crippen LogP contribution in [0.2, 0.25) is 0 Å². The van der Waals surface area contributed by atoms with E-state index in [0.717, 1.165) is 46.9 Å². The van der Waals surface area contributed by atoms with E-state index in [0.29, 0.717) is 5.92 Å².